The van der Waals surface area contributed by atoms with Crippen molar-refractivity contribution >= 4 is 11.6 Å². The highest BCUT2D eigenvalue weighted by atomic mass is 35.5. The molecule has 0 saturated carbocycles. The Bertz CT molecular complexity index is 360. The Morgan fingerprint density at radius 3 is 2.37 bits per heavy atom. The first kappa shape index (κ1) is 16.5. The minimum absolute atomic E-state index is 0.198. The van der Waals surface area contributed by atoms with Gasteiger partial charge >= 0.3 is 0 Å². The summed E-state index contributed by atoms with van der Waals surface area (Å²) in [5, 5.41) is 9.99. The maximum atomic E-state index is 9.20. The second-order valence-corrected chi connectivity index (χ2v) is 6.43. The van der Waals surface area contributed by atoms with Gasteiger partial charge < -0.3 is 5.11 Å². The van der Waals surface area contributed by atoms with Crippen LogP contribution in [0.1, 0.15) is 58.4 Å². The Balaban J connectivity index is 2.81. The van der Waals surface area contributed by atoms with Crippen LogP contribution in [0, 0.1) is 5.92 Å². The van der Waals surface area contributed by atoms with Crippen LogP contribution in [-0.4, -0.2) is 11.7 Å². The molecular weight excluding hydrogens is 256 g/mol. The molecule has 0 aliphatic rings. The summed E-state index contributed by atoms with van der Waals surface area (Å²) in [6.07, 6.45) is 5.85. The van der Waals surface area contributed by atoms with Crippen molar-refractivity contribution < 1.29 is 5.11 Å². The third-order valence-electron chi connectivity index (χ3n) is 4.12. The minimum Gasteiger partial charge on any atom is -0.396 e. The van der Waals surface area contributed by atoms with Crippen LogP contribution in [0.4, 0.5) is 0 Å². The molecule has 1 aromatic rings. The van der Waals surface area contributed by atoms with Crippen molar-refractivity contribution in [2.24, 2.45) is 5.92 Å². The molecule has 1 rings (SSSR count). The third kappa shape index (κ3) is 5.16. The lowest BCUT2D eigenvalue weighted by Gasteiger charge is -2.31. The highest BCUT2D eigenvalue weighted by molar-refractivity contribution is 6.30. The number of aliphatic hydroxyl groups excluding tert-OH is 1. The molecule has 0 aliphatic carbocycles. The van der Waals surface area contributed by atoms with Gasteiger partial charge in [0.15, 0.2) is 0 Å². The SMILES string of the molecule is CCCCC(C)(CC[C@H](C)CO)c1ccc(Cl)cc1. The van der Waals surface area contributed by atoms with Gasteiger partial charge in [0.2, 0.25) is 0 Å². The smallest absolute Gasteiger partial charge is 0.0456 e. The second kappa shape index (κ2) is 7.91. The molecule has 0 heterocycles. The normalized spacial score (nSPS) is 16.1. The number of benzene rings is 1. The van der Waals surface area contributed by atoms with E-state index in [0.717, 1.165) is 17.9 Å². The first-order valence-corrected chi connectivity index (χ1v) is 7.76. The summed E-state index contributed by atoms with van der Waals surface area (Å²) >= 11 is 5.98. The van der Waals surface area contributed by atoms with Crippen molar-refractivity contribution in [3.05, 3.63) is 34.9 Å². The highest BCUT2D eigenvalue weighted by Crippen LogP contribution is 2.36. The molecule has 0 bridgehead atoms. The summed E-state index contributed by atoms with van der Waals surface area (Å²) in [7, 11) is 0. The molecule has 2 atom stereocenters. The van der Waals surface area contributed by atoms with E-state index in [2.05, 4.69) is 32.9 Å². The van der Waals surface area contributed by atoms with Crippen molar-refractivity contribution in [2.45, 2.75) is 58.3 Å². The van der Waals surface area contributed by atoms with Crippen LogP contribution in [0.2, 0.25) is 5.02 Å². The van der Waals surface area contributed by atoms with Gasteiger partial charge in [-0.2, -0.15) is 0 Å². The Hall–Kier alpha value is -0.530. The zero-order valence-electron chi connectivity index (χ0n) is 12.5. The van der Waals surface area contributed by atoms with Gasteiger partial charge in [-0.15, -0.1) is 0 Å². The van der Waals surface area contributed by atoms with E-state index in [1.165, 1.54) is 24.8 Å². The Morgan fingerprint density at radius 2 is 1.84 bits per heavy atom. The molecule has 1 N–H and O–H groups in total. The fraction of sp³-hybridized carbons (Fsp3) is 0.647. The minimum atomic E-state index is 0.198. The predicted octanol–water partition coefficient (Wildman–Crippen LogP) is 5.20. The number of unbranched alkanes of at least 4 members (excludes halogenated alkanes) is 1. The number of hydrogen-bond acceptors (Lipinski definition) is 1. The van der Waals surface area contributed by atoms with Crippen LogP contribution in [0.3, 0.4) is 0 Å². The molecule has 1 nitrogen and oxygen atoms in total. The maximum absolute atomic E-state index is 9.20. The Morgan fingerprint density at radius 1 is 1.21 bits per heavy atom. The molecule has 0 radical (unpaired) electrons. The summed E-state index contributed by atoms with van der Waals surface area (Å²) < 4.78 is 0. The van der Waals surface area contributed by atoms with E-state index in [4.69, 9.17) is 11.6 Å². The quantitative estimate of drug-likeness (QED) is 0.695. The Labute approximate surface area is 123 Å². The molecule has 0 spiro atoms. The molecule has 108 valence electrons. The van der Waals surface area contributed by atoms with Gasteiger partial charge in [0, 0.05) is 11.6 Å². The molecule has 2 heteroatoms. The molecule has 0 saturated heterocycles. The van der Waals surface area contributed by atoms with Crippen LogP contribution < -0.4 is 0 Å². The predicted molar refractivity (Wildman–Crippen MR) is 83.8 cm³/mol. The lowest BCUT2D eigenvalue weighted by atomic mass is 9.73. The summed E-state index contributed by atoms with van der Waals surface area (Å²) in [6.45, 7) is 6.97. The Kier molecular flexibility index (Phi) is 6.88. The van der Waals surface area contributed by atoms with Gasteiger partial charge in [0.1, 0.15) is 0 Å². The molecule has 0 aromatic heterocycles. The first-order chi connectivity index (χ1) is 9.01. The van der Waals surface area contributed by atoms with Crippen LogP contribution >= 0.6 is 11.6 Å². The number of halogens is 1. The fourth-order valence-corrected chi connectivity index (χ4v) is 2.62. The maximum Gasteiger partial charge on any atom is 0.0456 e. The topological polar surface area (TPSA) is 20.2 Å². The summed E-state index contributed by atoms with van der Waals surface area (Å²) in [4.78, 5) is 0. The average molecular weight is 283 g/mol. The van der Waals surface area contributed by atoms with E-state index in [1.54, 1.807) is 0 Å². The molecular formula is C17H27ClO. The highest BCUT2D eigenvalue weighted by Gasteiger charge is 2.26. The van der Waals surface area contributed by atoms with Crippen molar-refractivity contribution in [1.29, 1.82) is 0 Å². The summed E-state index contributed by atoms with van der Waals surface area (Å²) in [6, 6.07) is 8.27. The van der Waals surface area contributed by atoms with Gasteiger partial charge in [-0.25, -0.2) is 0 Å². The molecule has 1 unspecified atom stereocenters. The van der Waals surface area contributed by atoms with E-state index in [0.29, 0.717) is 5.92 Å². The second-order valence-electron chi connectivity index (χ2n) is 6.00. The number of rotatable bonds is 8. The largest absolute Gasteiger partial charge is 0.396 e. The van der Waals surface area contributed by atoms with E-state index in [1.807, 2.05) is 12.1 Å². The van der Waals surface area contributed by atoms with Crippen LogP contribution in [0.25, 0.3) is 0 Å². The number of aliphatic hydroxyl groups is 1. The lowest BCUT2D eigenvalue weighted by molar-refractivity contribution is 0.216. The van der Waals surface area contributed by atoms with Gasteiger partial charge in [0.25, 0.3) is 0 Å². The van der Waals surface area contributed by atoms with Gasteiger partial charge in [-0.3, -0.25) is 0 Å². The number of hydrogen-bond donors (Lipinski definition) is 1. The molecule has 0 amide bonds. The monoisotopic (exact) mass is 282 g/mol. The lowest BCUT2D eigenvalue weighted by Crippen LogP contribution is -2.23. The van der Waals surface area contributed by atoms with Crippen LogP contribution in [-0.2, 0) is 5.41 Å². The van der Waals surface area contributed by atoms with Gasteiger partial charge in [-0.1, -0.05) is 57.3 Å². The third-order valence-corrected chi connectivity index (χ3v) is 4.38. The van der Waals surface area contributed by atoms with E-state index < -0.39 is 0 Å². The molecule has 0 fully saturated rings. The first-order valence-electron chi connectivity index (χ1n) is 7.38. The zero-order valence-corrected chi connectivity index (χ0v) is 13.2. The zero-order chi connectivity index (χ0) is 14.3. The average Bonchev–Trinajstić information content (AvgIpc) is 2.43. The van der Waals surface area contributed by atoms with E-state index in [-0.39, 0.29) is 12.0 Å². The summed E-state index contributed by atoms with van der Waals surface area (Å²) in [5.41, 5.74) is 1.57. The van der Waals surface area contributed by atoms with Crippen molar-refractivity contribution in [3.63, 3.8) is 0 Å². The van der Waals surface area contributed by atoms with Crippen molar-refractivity contribution in [3.8, 4) is 0 Å². The van der Waals surface area contributed by atoms with Crippen molar-refractivity contribution in [2.75, 3.05) is 6.61 Å². The van der Waals surface area contributed by atoms with E-state index >= 15 is 0 Å². The molecule has 1 aromatic carbocycles. The van der Waals surface area contributed by atoms with E-state index in [9.17, 15) is 5.11 Å². The summed E-state index contributed by atoms with van der Waals surface area (Å²) in [5.74, 6) is 0.383. The van der Waals surface area contributed by atoms with Gasteiger partial charge in [-0.05, 0) is 48.3 Å². The van der Waals surface area contributed by atoms with Crippen LogP contribution in [0.15, 0.2) is 24.3 Å². The van der Waals surface area contributed by atoms with Gasteiger partial charge in [0.05, 0.1) is 0 Å². The molecule has 0 aliphatic heterocycles. The standard InChI is InChI=1S/C17H27ClO/c1-4-5-11-17(3,12-10-14(2)13-19)15-6-8-16(18)9-7-15/h6-9,14,19H,4-5,10-13H2,1-3H3/t14-,17?/m0/s1. The van der Waals surface area contributed by atoms with Crippen LogP contribution in [0.5, 0.6) is 0 Å². The molecule has 19 heavy (non-hydrogen) atoms. The van der Waals surface area contributed by atoms with Crippen molar-refractivity contribution in [1.82, 2.24) is 0 Å². The fourth-order valence-electron chi connectivity index (χ4n) is 2.49.